The van der Waals surface area contributed by atoms with Crippen LogP contribution in [-0.2, 0) is 11.3 Å². The predicted molar refractivity (Wildman–Crippen MR) is 66.7 cm³/mol. The van der Waals surface area contributed by atoms with Crippen LogP contribution < -0.4 is 0 Å². The second-order valence-corrected chi connectivity index (χ2v) is 4.04. The van der Waals surface area contributed by atoms with Gasteiger partial charge < -0.3 is 14.6 Å². The van der Waals surface area contributed by atoms with Gasteiger partial charge in [0.1, 0.15) is 6.54 Å². The average molecular weight is 232 g/mol. The van der Waals surface area contributed by atoms with Gasteiger partial charge in [-0.15, -0.1) is 0 Å². The first-order valence-corrected chi connectivity index (χ1v) is 5.61. The maximum Gasteiger partial charge on any atom is 0.242 e. The zero-order valence-corrected chi connectivity index (χ0v) is 9.84. The second-order valence-electron chi connectivity index (χ2n) is 4.04. The van der Waals surface area contributed by atoms with Crippen LogP contribution in [0.2, 0.25) is 0 Å². The summed E-state index contributed by atoms with van der Waals surface area (Å²) in [5, 5.41) is 9.91. The molecule has 4 nitrogen and oxygen atoms in total. The third-order valence-corrected chi connectivity index (χ3v) is 2.85. The summed E-state index contributed by atoms with van der Waals surface area (Å²) in [6, 6.07) is 9.95. The predicted octanol–water partition coefficient (Wildman–Crippen LogP) is 1.09. The van der Waals surface area contributed by atoms with Crippen LogP contribution in [0.3, 0.4) is 0 Å². The summed E-state index contributed by atoms with van der Waals surface area (Å²) in [5.41, 5.74) is 1.05. The molecule has 0 fully saturated rings. The molecule has 4 heteroatoms. The van der Waals surface area contributed by atoms with Crippen LogP contribution in [0.5, 0.6) is 0 Å². The number of fused-ring (bicyclic) bond motifs is 1. The molecule has 0 aliphatic carbocycles. The van der Waals surface area contributed by atoms with Gasteiger partial charge >= 0.3 is 0 Å². The highest BCUT2D eigenvalue weighted by molar-refractivity contribution is 5.83. The Morgan fingerprint density at radius 1 is 1.35 bits per heavy atom. The number of likely N-dealkylation sites (N-methyl/N-ethyl adjacent to an activating group) is 1. The standard InChI is InChI=1S/C13H16N2O2/c1-14(8-9-16)13(17)10-15-7-6-11-4-2-3-5-12(11)15/h2-7,16H,8-10H2,1H3. The minimum atomic E-state index is -0.00529. The Labute approximate surface area is 100 Å². The molecule has 1 N–H and O–H groups in total. The first-order valence-electron chi connectivity index (χ1n) is 5.61. The van der Waals surface area contributed by atoms with E-state index in [0.29, 0.717) is 13.1 Å². The van der Waals surface area contributed by atoms with Crippen LogP contribution in [0.15, 0.2) is 36.5 Å². The van der Waals surface area contributed by atoms with Crippen LogP contribution in [0.25, 0.3) is 10.9 Å². The lowest BCUT2D eigenvalue weighted by Gasteiger charge is -2.16. The molecule has 1 aromatic carbocycles. The summed E-state index contributed by atoms with van der Waals surface area (Å²) in [6.07, 6.45) is 1.91. The molecule has 0 saturated carbocycles. The van der Waals surface area contributed by atoms with Crippen molar-refractivity contribution in [2.75, 3.05) is 20.2 Å². The van der Waals surface area contributed by atoms with Gasteiger partial charge in [-0.2, -0.15) is 0 Å². The first-order chi connectivity index (χ1) is 8.22. The Morgan fingerprint density at radius 3 is 2.88 bits per heavy atom. The summed E-state index contributed by atoms with van der Waals surface area (Å²) >= 11 is 0. The molecule has 1 amide bonds. The Hall–Kier alpha value is -1.81. The number of benzene rings is 1. The van der Waals surface area contributed by atoms with Gasteiger partial charge in [-0.25, -0.2) is 0 Å². The third-order valence-electron chi connectivity index (χ3n) is 2.85. The second kappa shape index (κ2) is 5.01. The number of aliphatic hydroxyl groups excluding tert-OH is 1. The van der Waals surface area contributed by atoms with Gasteiger partial charge in [-0.1, -0.05) is 18.2 Å². The molecule has 0 unspecified atom stereocenters. The summed E-state index contributed by atoms with van der Waals surface area (Å²) in [7, 11) is 1.70. The van der Waals surface area contributed by atoms with Gasteiger partial charge in [0.05, 0.1) is 6.61 Å². The number of carbonyl (C=O) groups is 1. The highest BCUT2D eigenvalue weighted by Crippen LogP contribution is 2.14. The molecule has 1 aromatic heterocycles. The molecule has 0 saturated heterocycles. The normalized spacial score (nSPS) is 10.7. The van der Waals surface area contributed by atoms with E-state index < -0.39 is 0 Å². The van der Waals surface area contributed by atoms with E-state index in [-0.39, 0.29) is 12.5 Å². The van der Waals surface area contributed by atoms with Gasteiger partial charge in [0, 0.05) is 25.3 Å². The Bertz CT molecular complexity index is 519. The molecule has 0 bridgehead atoms. The van der Waals surface area contributed by atoms with Crippen LogP contribution >= 0.6 is 0 Å². The van der Waals surface area contributed by atoms with E-state index in [9.17, 15) is 4.79 Å². The number of nitrogens with zero attached hydrogens (tertiary/aromatic N) is 2. The van der Waals surface area contributed by atoms with Crippen molar-refractivity contribution in [2.45, 2.75) is 6.54 Å². The van der Waals surface area contributed by atoms with Crippen LogP contribution in [0, 0.1) is 0 Å². The first kappa shape index (κ1) is 11.7. The molecule has 0 radical (unpaired) electrons. The number of carbonyl (C=O) groups excluding carboxylic acids is 1. The Kier molecular flexibility index (Phi) is 3.44. The average Bonchev–Trinajstić information content (AvgIpc) is 2.73. The molecule has 0 aliphatic rings. The number of aliphatic hydroxyl groups is 1. The fourth-order valence-corrected chi connectivity index (χ4v) is 1.82. The fourth-order valence-electron chi connectivity index (χ4n) is 1.82. The van der Waals surface area contributed by atoms with Gasteiger partial charge in [0.15, 0.2) is 0 Å². The highest BCUT2D eigenvalue weighted by atomic mass is 16.3. The topological polar surface area (TPSA) is 45.5 Å². The van der Waals surface area contributed by atoms with E-state index in [4.69, 9.17) is 5.11 Å². The van der Waals surface area contributed by atoms with Gasteiger partial charge in [-0.05, 0) is 17.5 Å². The number of para-hydroxylation sites is 1. The highest BCUT2D eigenvalue weighted by Gasteiger charge is 2.09. The third kappa shape index (κ3) is 2.47. The lowest BCUT2D eigenvalue weighted by Crippen LogP contribution is -2.32. The molecule has 0 atom stereocenters. The van der Waals surface area contributed by atoms with E-state index in [2.05, 4.69) is 0 Å². The summed E-state index contributed by atoms with van der Waals surface area (Å²) in [4.78, 5) is 13.4. The van der Waals surface area contributed by atoms with Crippen molar-refractivity contribution in [3.05, 3.63) is 36.5 Å². The SMILES string of the molecule is CN(CCO)C(=O)Cn1ccc2ccccc21. The lowest BCUT2D eigenvalue weighted by molar-refractivity contribution is -0.130. The van der Waals surface area contributed by atoms with Crippen molar-refractivity contribution >= 4 is 16.8 Å². The molecular weight excluding hydrogens is 216 g/mol. The molecule has 0 spiro atoms. The maximum absolute atomic E-state index is 11.8. The maximum atomic E-state index is 11.8. The van der Waals surface area contributed by atoms with Gasteiger partial charge in [0.25, 0.3) is 0 Å². The zero-order chi connectivity index (χ0) is 12.3. The quantitative estimate of drug-likeness (QED) is 0.857. The van der Waals surface area contributed by atoms with Crippen LogP contribution in [0.1, 0.15) is 0 Å². The van der Waals surface area contributed by atoms with Crippen LogP contribution in [-0.4, -0.2) is 40.7 Å². The fraction of sp³-hybridized carbons (Fsp3) is 0.308. The van der Waals surface area contributed by atoms with E-state index in [1.807, 2.05) is 41.1 Å². The number of rotatable bonds is 4. The smallest absolute Gasteiger partial charge is 0.242 e. The zero-order valence-electron chi connectivity index (χ0n) is 9.84. The van der Waals surface area contributed by atoms with Crippen molar-refractivity contribution in [3.8, 4) is 0 Å². The Morgan fingerprint density at radius 2 is 2.12 bits per heavy atom. The molecule has 2 rings (SSSR count). The van der Waals surface area contributed by atoms with Crippen LogP contribution in [0.4, 0.5) is 0 Å². The largest absolute Gasteiger partial charge is 0.395 e. The van der Waals surface area contributed by atoms with E-state index in [0.717, 1.165) is 10.9 Å². The number of aromatic nitrogens is 1. The molecule has 17 heavy (non-hydrogen) atoms. The monoisotopic (exact) mass is 232 g/mol. The Balaban J connectivity index is 2.16. The van der Waals surface area contributed by atoms with Crippen molar-refractivity contribution in [2.24, 2.45) is 0 Å². The number of amides is 1. The van der Waals surface area contributed by atoms with E-state index in [1.165, 1.54) is 4.90 Å². The molecular formula is C13H16N2O2. The lowest BCUT2D eigenvalue weighted by atomic mass is 10.2. The number of hydrogen-bond acceptors (Lipinski definition) is 2. The van der Waals surface area contributed by atoms with E-state index in [1.54, 1.807) is 7.05 Å². The molecule has 0 aliphatic heterocycles. The van der Waals surface area contributed by atoms with Crippen molar-refractivity contribution < 1.29 is 9.90 Å². The van der Waals surface area contributed by atoms with Gasteiger partial charge in [0.2, 0.25) is 5.91 Å². The summed E-state index contributed by atoms with van der Waals surface area (Å²) in [6.45, 7) is 0.677. The minimum absolute atomic E-state index is 0.000373. The van der Waals surface area contributed by atoms with Crippen molar-refractivity contribution in [3.63, 3.8) is 0 Å². The molecule has 90 valence electrons. The molecule has 2 aromatic rings. The van der Waals surface area contributed by atoms with E-state index >= 15 is 0 Å². The van der Waals surface area contributed by atoms with Crippen molar-refractivity contribution in [1.29, 1.82) is 0 Å². The van der Waals surface area contributed by atoms with Gasteiger partial charge in [-0.3, -0.25) is 4.79 Å². The minimum Gasteiger partial charge on any atom is -0.395 e. The summed E-state index contributed by atoms with van der Waals surface area (Å²) in [5.74, 6) is 0.000373. The van der Waals surface area contributed by atoms with Crippen molar-refractivity contribution in [1.82, 2.24) is 9.47 Å². The number of hydrogen-bond donors (Lipinski definition) is 1. The molecule has 1 heterocycles. The summed E-state index contributed by atoms with van der Waals surface area (Å²) < 4.78 is 1.92.